The van der Waals surface area contributed by atoms with E-state index >= 15 is 0 Å². The van der Waals surface area contributed by atoms with Crippen molar-refractivity contribution >= 4 is 11.6 Å². The van der Waals surface area contributed by atoms with Crippen molar-refractivity contribution in [3.05, 3.63) is 35.5 Å². The summed E-state index contributed by atoms with van der Waals surface area (Å²) in [6, 6.07) is 1.70. The van der Waals surface area contributed by atoms with Gasteiger partial charge in [-0.3, -0.25) is 4.40 Å². The van der Waals surface area contributed by atoms with Crippen molar-refractivity contribution in [2.45, 2.75) is 31.8 Å². The van der Waals surface area contributed by atoms with Crippen LogP contribution in [-0.2, 0) is 11.3 Å². The van der Waals surface area contributed by atoms with Gasteiger partial charge in [0.1, 0.15) is 5.56 Å². The van der Waals surface area contributed by atoms with Gasteiger partial charge in [-0.1, -0.05) is 0 Å². The van der Waals surface area contributed by atoms with Gasteiger partial charge in [-0.15, -0.1) is 0 Å². The van der Waals surface area contributed by atoms with E-state index in [1.54, 1.807) is 12.3 Å². The van der Waals surface area contributed by atoms with Crippen LogP contribution in [-0.4, -0.2) is 28.0 Å². The van der Waals surface area contributed by atoms with E-state index in [-0.39, 0.29) is 16.7 Å². The number of pyridine rings is 1. The zero-order chi connectivity index (χ0) is 14.3. The Labute approximate surface area is 115 Å². The zero-order valence-corrected chi connectivity index (χ0v) is 11.4. The van der Waals surface area contributed by atoms with E-state index in [9.17, 15) is 9.18 Å². The first-order valence-corrected chi connectivity index (χ1v) is 6.51. The Balaban J connectivity index is 1.99. The molecule has 0 aliphatic heterocycles. The Morgan fingerprint density at radius 3 is 3.00 bits per heavy atom. The normalized spacial score (nSPS) is 16.4. The minimum absolute atomic E-state index is 0.174. The van der Waals surface area contributed by atoms with Crippen LogP contribution in [0.1, 0.15) is 35.7 Å². The second-order valence-corrected chi connectivity index (χ2v) is 5.44. The summed E-state index contributed by atoms with van der Waals surface area (Å²) in [7, 11) is 1.30. The summed E-state index contributed by atoms with van der Waals surface area (Å²) < 4.78 is 19.7. The largest absolute Gasteiger partial charge is 0.465 e. The molecule has 1 fully saturated rings. The maximum atomic E-state index is 13.7. The van der Waals surface area contributed by atoms with Gasteiger partial charge >= 0.3 is 5.97 Å². The highest BCUT2D eigenvalue weighted by Gasteiger charge is 2.36. The Kier molecular flexibility index (Phi) is 2.97. The number of aromatic nitrogens is 2. The number of esters is 1. The fourth-order valence-electron chi connectivity index (χ4n) is 2.15. The molecule has 2 heterocycles. The highest BCUT2D eigenvalue weighted by atomic mass is 19.1. The third kappa shape index (κ3) is 2.27. The van der Waals surface area contributed by atoms with Crippen LogP contribution in [0.4, 0.5) is 4.39 Å². The van der Waals surface area contributed by atoms with Gasteiger partial charge in [0.25, 0.3) is 0 Å². The maximum absolute atomic E-state index is 13.7. The Morgan fingerprint density at radius 2 is 2.35 bits per heavy atom. The average molecular weight is 277 g/mol. The SMILES string of the molecule is COC(=O)c1cc(CNC2(C)CC2)cn2c(F)cnc12. The summed E-state index contributed by atoms with van der Waals surface area (Å²) in [4.78, 5) is 15.7. The number of carbonyl (C=O) groups excluding carboxylic acids is 1. The second-order valence-electron chi connectivity index (χ2n) is 5.44. The molecule has 1 N–H and O–H groups in total. The van der Waals surface area contributed by atoms with Gasteiger partial charge in [0.05, 0.1) is 13.3 Å². The summed E-state index contributed by atoms with van der Waals surface area (Å²) >= 11 is 0. The minimum atomic E-state index is -0.514. The first-order valence-electron chi connectivity index (χ1n) is 6.51. The predicted molar refractivity (Wildman–Crippen MR) is 71.0 cm³/mol. The average Bonchev–Trinajstić information content (AvgIpc) is 3.08. The standard InChI is InChI=1S/C14H16FN3O2/c1-14(3-4-14)17-6-9-5-10(13(19)20-2)12-16-7-11(15)18(12)8-9/h5,7-8,17H,3-4,6H2,1-2H3. The highest BCUT2D eigenvalue weighted by molar-refractivity contribution is 5.95. The molecule has 0 radical (unpaired) electrons. The van der Waals surface area contributed by atoms with Crippen LogP contribution in [0.5, 0.6) is 0 Å². The van der Waals surface area contributed by atoms with Crippen molar-refractivity contribution in [1.29, 1.82) is 0 Å². The number of fused-ring (bicyclic) bond motifs is 1. The van der Waals surface area contributed by atoms with Crippen LogP contribution < -0.4 is 5.32 Å². The fraction of sp³-hybridized carbons (Fsp3) is 0.429. The van der Waals surface area contributed by atoms with Gasteiger partial charge in [-0.2, -0.15) is 4.39 Å². The van der Waals surface area contributed by atoms with Gasteiger partial charge in [0.15, 0.2) is 5.65 Å². The van der Waals surface area contributed by atoms with E-state index in [0.717, 1.165) is 24.6 Å². The van der Waals surface area contributed by atoms with Crippen LogP contribution in [0.15, 0.2) is 18.5 Å². The van der Waals surface area contributed by atoms with Crippen molar-refractivity contribution in [1.82, 2.24) is 14.7 Å². The number of hydrogen-bond acceptors (Lipinski definition) is 4. The molecule has 3 rings (SSSR count). The molecule has 2 aromatic heterocycles. The lowest BCUT2D eigenvalue weighted by Crippen LogP contribution is -2.27. The van der Waals surface area contributed by atoms with Crippen molar-refractivity contribution in [3.63, 3.8) is 0 Å². The molecule has 1 saturated carbocycles. The number of ether oxygens (including phenoxy) is 1. The number of imidazole rings is 1. The van der Waals surface area contributed by atoms with E-state index in [2.05, 4.69) is 17.2 Å². The fourth-order valence-corrected chi connectivity index (χ4v) is 2.15. The van der Waals surface area contributed by atoms with Crippen LogP contribution in [0.2, 0.25) is 0 Å². The number of rotatable bonds is 4. The molecule has 0 spiro atoms. The highest BCUT2D eigenvalue weighted by Crippen LogP contribution is 2.34. The topological polar surface area (TPSA) is 55.6 Å². The molecule has 20 heavy (non-hydrogen) atoms. The van der Waals surface area contributed by atoms with Crippen molar-refractivity contribution in [2.24, 2.45) is 0 Å². The first kappa shape index (κ1) is 13.1. The van der Waals surface area contributed by atoms with Crippen LogP contribution in [0.25, 0.3) is 5.65 Å². The van der Waals surface area contributed by atoms with Crippen molar-refractivity contribution in [3.8, 4) is 0 Å². The third-order valence-corrected chi connectivity index (χ3v) is 3.74. The molecule has 6 heteroatoms. The quantitative estimate of drug-likeness (QED) is 0.867. The molecule has 106 valence electrons. The molecule has 0 amide bonds. The van der Waals surface area contributed by atoms with Crippen LogP contribution >= 0.6 is 0 Å². The number of nitrogens with one attached hydrogen (secondary N) is 1. The second kappa shape index (κ2) is 4.56. The predicted octanol–water partition coefficient (Wildman–Crippen LogP) is 1.90. The van der Waals surface area contributed by atoms with E-state index < -0.39 is 11.9 Å². The molecule has 0 aromatic carbocycles. The molecule has 0 atom stereocenters. The minimum Gasteiger partial charge on any atom is -0.465 e. The maximum Gasteiger partial charge on any atom is 0.341 e. The molecule has 0 bridgehead atoms. The van der Waals surface area contributed by atoms with Gasteiger partial charge in [0.2, 0.25) is 5.95 Å². The molecule has 2 aromatic rings. The lowest BCUT2D eigenvalue weighted by atomic mass is 10.1. The molecule has 0 saturated heterocycles. The van der Waals surface area contributed by atoms with Gasteiger partial charge in [0, 0.05) is 18.3 Å². The monoisotopic (exact) mass is 277 g/mol. The summed E-state index contributed by atoms with van der Waals surface area (Å²) in [6.07, 6.45) is 5.03. The molecule has 5 nitrogen and oxygen atoms in total. The smallest absolute Gasteiger partial charge is 0.341 e. The van der Waals surface area contributed by atoms with Crippen molar-refractivity contribution in [2.75, 3.05) is 7.11 Å². The van der Waals surface area contributed by atoms with Crippen molar-refractivity contribution < 1.29 is 13.9 Å². The number of nitrogens with zero attached hydrogens (tertiary/aromatic N) is 2. The molecule has 1 aliphatic carbocycles. The number of carbonyl (C=O) groups is 1. The first-order chi connectivity index (χ1) is 9.52. The number of methoxy groups -OCH3 is 1. The molecule has 1 aliphatic rings. The van der Waals surface area contributed by atoms with E-state index in [4.69, 9.17) is 4.74 Å². The summed E-state index contributed by atoms with van der Waals surface area (Å²) in [6.45, 7) is 2.72. The van der Waals surface area contributed by atoms with Gasteiger partial charge in [-0.25, -0.2) is 9.78 Å². The third-order valence-electron chi connectivity index (χ3n) is 3.74. The summed E-state index contributed by atoms with van der Waals surface area (Å²) in [5.41, 5.74) is 1.55. The van der Waals surface area contributed by atoms with E-state index in [0.29, 0.717) is 6.54 Å². The molecule has 0 unspecified atom stereocenters. The van der Waals surface area contributed by atoms with Crippen LogP contribution in [0.3, 0.4) is 0 Å². The van der Waals surface area contributed by atoms with E-state index in [1.807, 2.05) is 0 Å². The Hall–Kier alpha value is -1.95. The summed E-state index contributed by atoms with van der Waals surface area (Å²) in [5.74, 6) is -1.01. The van der Waals surface area contributed by atoms with E-state index in [1.165, 1.54) is 11.5 Å². The Morgan fingerprint density at radius 1 is 1.60 bits per heavy atom. The number of halogens is 1. The zero-order valence-electron chi connectivity index (χ0n) is 11.4. The van der Waals surface area contributed by atoms with Gasteiger partial charge < -0.3 is 10.1 Å². The lowest BCUT2D eigenvalue weighted by molar-refractivity contribution is 0.0602. The summed E-state index contributed by atoms with van der Waals surface area (Å²) in [5, 5.41) is 3.40. The van der Waals surface area contributed by atoms with Crippen LogP contribution in [0, 0.1) is 5.95 Å². The lowest BCUT2D eigenvalue weighted by Gasteiger charge is -2.12. The van der Waals surface area contributed by atoms with Gasteiger partial charge in [-0.05, 0) is 31.4 Å². The molecular formula is C14H16FN3O2. The molecular weight excluding hydrogens is 261 g/mol. The number of hydrogen-bond donors (Lipinski definition) is 1. The Bertz CT molecular complexity index is 676.